The summed E-state index contributed by atoms with van der Waals surface area (Å²) in [5.74, 6) is 0.0214. The fourth-order valence-corrected chi connectivity index (χ4v) is 4.28. The molecule has 0 unspecified atom stereocenters. The lowest BCUT2D eigenvalue weighted by Gasteiger charge is -2.36. The number of benzene rings is 2. The third-order valence-electron chi connectivity index (χ3n) is 6.12. The van der Waals surface area contributed by atoms with Crippen molar-refractivity contribution in [3.05, 3.63) is 69.8 Å². The van der Waals surface area contributed by atoms with E-state index >= 15 is 0 Å². The lowest BCUT2D eigenvalue weighted by Crippen LogP contribution is -2.47. The predicted molar refractivity (Wildman–Crippen MR) is 115 cm³/mol. The van der Waals surface area contributed by atoms with E-state index in [1.165, 1.54) is 22.3 Å². The van der Waals surface area contributed by atoms with Crippen LogP contribution in [0.3, 0.4) is 0 Å². The van der Waals surface area contributed by atoms with E-state index in [1.54, 1.807) is 0 Å². The molecule has 3 nitrogen and oxygen atoms in total. The van der Waals surface area contributed by atoms with Crippen LogP contribution in [0.4, 0.5) is 0 Å². The first-order valence-corrected chi connectivity index (χ1v) is 10.7. The topological polar surface area (TPSA) is 49.3 Å². The molecule has 0 bridgehead atoms. The summed E-state index contributed by atoms with van der Waals surface area (Å²) in [4.78, 5) is 12.0. The highest BCUT2D eigenvalue weighted by Gasteiger charge is 2.44. The molecule has 2 aromatic carbocycles. The Morgan fingerprint density at radius 3 is 1.50 bits per heavy atom. The van der Waals surface area contributed by atoms with Gasteiger partial charge in [0.25, 0.3) is 0 Å². The molecule has 3 heteroatoms. The smallest absolute Gasteiger partial charge is 0.220 e. The zero-order valence-corrected chi connectivity index (χ0v) is 17.6. The van der Waals surface area contributed by atoms with Crippen molar-refractivity contribution in [3.63, 3.8) is 0 Å². The Kier molecular flexibility index (Phi) is 6.24. The molecular weight excluding hydrogens is 346 g/mol. The Bertz CT molecular complexity index is 756. The number of aliphatic hydroxyl groups is 1. The average molecular weight is 380 g/mol. The third kappa shape index (κ3) is 3.86. The van der Waals surface area contributed by atoms with Gasteiger partial charge in [-0.3, -0.25) is 4.79 Å². The van der Waals surface area contributed by atoms with Gasteiger partial charge in [0.15, 0.2) is 0 Å². The molecule has 0 radical (unpaired) electrons. The van der Waals surface area contributed by atoms with E-state index in [0.717, 1.165) is 36.8 Å². The van der Waals surface area contributed by atoms with Gasteiger partial charge in [0.1, 0.15) is 5.60 Å². The van der Waals surface area contributed by atoms with Crippen LogP contribution >= 0.6 is 0 Å². The molecule has 0 aromatic heterocycles. The zero-order chi connectivity index (χ0) is 20.3. The average Bonchev–Trinajstić information content (AvgIpc) is 3.18. The van der Waals surface area contributed by atoms with E-state index in [9.17, 15) is 9.90 Å². The molecule has 1 fully saturated rings. The van der Waals surface area contributed by atoms with Crippen LogP contribution in [0.2, 0.25) is 0 Å². The van der Waals surface area contributed by atoms with Gasteiger partial charge in [0, 0.05) is 6.42 Å². The van der Waals surface area contributed by atoms with Gasteiger partial charge in [-0.2, -0.15) is 0 Å². The van der Waals surface area contributed by atoms with Crippen LogP contribution in [-0.2, 0) is 36.1 Å². The second kappa shape index (κ2) is 8.48. The minimum absolute atomic E-state index is 0.0214. The molecule has 0 spiro atoms. The fraction of sp³-hybridized carbons (Fsp3) is 0.480. The number of hydrogen-bond donors (Lipinski definition) is 2. The van der Waals surface area contributed by atoms with Crippen LogP contribution in [0.25, 0.3) is 0 Å². The minimum Gasteiger partial charge on any atom is -0.378 e. The third-order valence-corrected chi connectivity index (χ3v) is 6.12. The Morgan fingerprint density at radius 2 is 1.21 bits per heavy atom. The fourth-order valence-electron chi connectivity index (χ4n) is 4.28. The van der Waals surface area contributed by atoms with Gasteiger partial charge in [0.05, 0.1) is 6.04 Å². The van der Waals surface area contributed by atoms with Gasteiger partial charge in [0.2, 0.25) is 5.91 Å². The van der Waals surface area contributed by atoms with Crippen molar-refractivity contribution in [3.8, 4) is 0 Å². The molecule has 2 N–H and O–H groups in total. The lowest BCUT2D eigenvalue weighted by molar-refractivity contribution is -0.120. The summed E-state index contributed by atoms with van der Waals surface area (Å²) >= 11 is 0. The van der Waals surface area contributed by atoms with Crippen LogP contribution in [0.15, 0.2) is 36.4 Å². The highest BCUT2D eigenvalue weighted by Crippen LogP contribution is 2.39. The normalized spacial score (nSPS) is 17.0. The first-order chi connectivity index (χ1) is 13.4. The molecule has 2 aromatic rings. The summed E-state index contributed by atoms with van der Waals surface area (Å²) in [6.07, 6.45) is 4.79. The molecule has 150 valence electrons. The van der Waals surface area contributed by atoms with E-state index in [4.69, 9.17) is 0 Å². The van der Waals surface area contributed by atoms with Crippen LogP contribution in [0.1, 0.15) is 73.9 Å². The first-order valence-electron chi connectivity index (χ1n) is 10.7. The molecular formula is C25H33NO2. The number of aryl methyl sites for hydroxylation is 4. The van der Waals surface area contributed by atoms with E-state index < -0.39 is 5.60 Å². The van der Waals surface area contributed by atoms with Crippen molar-refractivity contribution in [1.29, 1.82) is 0 Å². The maximum absolute atomic E-state index is 12.2. The summed E-state index contributed by atoms with van der Waals surface area (Å²) < 4.78 is 0. The first kappa shape index (κ1) is 20.6. The second-order valence-electron chi connectivity index (χ2n) is 7.92. The molecule has 1 heterocycles. The Labute approximate surface area is 169 Å². The number of nitrogens with one attached hydrogen (secondary N) is 1. The highest BCUT2D eigenvalue weighted by molar-refractivity contribution is 5.79. The summed E-state index contributed by atoms with van der Waals surface area (Å²) in [7, 11) is 0. The molecule has 1 atom stereocenters. The van der Waals surface area contributed by atoms with E-state index in [1.807, 2.05) is 0 Å². The summed E-state index contributed by atoms with van der Waals surface area (Å²) in [5.41, 5.74) is 5.45. The summed E-state index contributed by atoms with van der Waals surface area (Å²) in [6, 6.07) is 12.6. The van der Waals surface area contributed by atoms with Crippen molar-refractivity contribution < 1.29 is 9.90 Å². The van der Waals surface area contributed by atoms with Crippen molar-refractivity contribution in [2.45, 2.75) is 77.9 Å². The number of carbonyl (C=O) groups excluding carboxylic acids is 1. The lowest BCUT2D eigenvalue weighted by atomic mass is 9.77. The Balaban J connectivity index is 2.24. The van der Waals surface area contributed by atoms with Crippen molar-refractivity contribution >= 4 is 5.91 Å². The van der Waals surface area contributed by atoms with Gasteiger partial charge in [-0.05, 0) is 65.5 Å². The molecule has 0 saturated carbocycles. The quantitative estimate of drug-likeness (QED) is 0.747. The number of hydrogen-bond acceptors (Lipinski definition) is 2. The predicted octanol–water partition coefficient (Wildman–Crippen LogP) is 4.45. The molecule has 1 aliphatic rings. The number of carbonyl (C=O) groups is 1. The molecule has 1 amide bonds. The summed E-state index contributed by atoms with van der Waals surface area (Å²) in [6.45, 7) is 8.56. The van der Waals surface area contributed by atoms with Gasteiger partial charge in [-0.25, -0.2) is 0 Å². The minimum atomic E-state index is -1.23. The van der Waals surface area contributed by atoms with E-state index in [2.05, 4.69) is 69.4 Å². The largest absolute Gasteiger partial charge is 0.378 e. The SMILES string of the molecule is CCc1cc(CC)cc(C(O)(c2cc(CC)cc(CC)c2)[C@H]2CCC(=O)N2)c1. The number of amides is 1. The zero-order valence-electron chi connectivity index (χ0n) is 17.6. The van der Waals surface area contributed by atoms with Crippen LogP contribution in [-0.4, -0.2) is 17.1 Å². The van der Waals surface area contributed by atoms with Crippen molar-refractivity contribution in [2.75, 3.05) is 0 Å². The Morgan fingerprint density at radius 1 is 0.821 bits per heavy atom. The van der Waals surface area contributed by atoms with Crippen LogP contribution in [0, 0.1) is 0 Å². The van der Waals surface area contributed by atoms with Gasteiger partial charge < -0.3 is 10.4 Å². The Hall–Kier alpha value is -2.13. The van der Waals surface area contributed by atoms with Crippen LogP contribution in [0.5, 0.6) is 0 Å². The van der Waals surface area contributed by atoms with Crippen molar-refractivity contribution in [1.82, 2.24) is 5.32 Å². The highest BCUT2D eigenvalue weighted by atomic mass is 16.3. The van der Waals surface area contributed by atoms with Crippen molar-refractivity contribution in [2.24, 2.45) is 0 Å². The molecule has 1 aliphatic heterocycles. The molecule has 28 heavy (non-hydrogen) atoms. The van der Waals surface area contributed by atoms with Gasteiger partial charge in [-0.15, -0.1) is 0 Å². The maximum atomic E-state index is 12.2. The molecule has 1 saturated heterocycles. The monoisotopic (exact) mass is 379 g/mol. The molecule has 3 rings (SSSR count). The van der Waals surface area contributed by atoms with E-state index in [0.29, 0.717) is 12.8 Å². The van der Waals surface area contributed by atoms with Gasteiger partial charge in [-0.1, -0.05) is 64.1 Å². The molecule has 0 aliphatic carbocycles. The second-order valence-corrected chi connectivity index (χ2v) is 7.92. The summed E-state index contributed by atoms with van der Waals surface area (Å²) in [5, 5.41) is 15.3. The van der Waals surface area contributed by atoms with Gasteiger partial charge >= 0.3 is 0 Å². The van der Waals surface area contributed by atoms with Crippen LogP contribution < -0.4 is 5.32 Å². The maximum Gasteiger partial charge on any atom is 0.220 e. The number of rotatable bonds is 7. The van der Waals surface area contributed by atoms with E-state index in [-0.39, 0.29) is 11.9 Å². The standard InChI is InChI=1S/C25H33NO2/c1-5-17-11-18(6-2)14-21(13-17)25(28,23-9-10-24(27)26-23)22-15-19(7-3)12-20(8-4)16-22/h11-16,23,28H,5-10H2,1-4H3,(H,26,27)/t23-/m1/s1.